The van der Waals surface area contributed by atoms with Crippen molar-refractivity contribution in [1.29, 1.82) is 0 Å². The van der Waals surface area contributed by atoms with E-state index in [4.69, 9.17) is 4.74 Å². The molecule has 7 nitrogen and oxygen atoms in total. The van der Waals surface area contributed by atoms with E-state index in [-0.39, 0.29) is 28.0 Å². The molecule has 3 heterocycles. The van der Waals surface area contributed by atoms with Crippen LogP contribution in [0.4, 0.5) is 22.4 Å². The second-order valence-electron chi connectivity index (χ2n) is 10.5. The third-order valence-electron chi connectivity index (χ3n) is 6.59. The SMILES string of the molecule is CC(C)(C)OC(=O)N1CCC(c2cc(=O)[nH]c3c4c(C(F)(F)F)cc(-c5ccc(F)cc5)cc4nn23)CC1. The predicted molar refractivity (Wildman–Crippen MR) is 133 cm³/mol. The van der Waals surface area contributed by atoms with E-state index in [2.05, 4.69) is 10.1 Å². The number of carbonyl (C=O) groups is 1. The van der Waals surface area contributed by atoms with Crippen LogP contribution in [0.1, 0.15) is 50.8 Å². The smallest absolute Gasteiger partial charge is 0.417 e. The Bertz CT molecular complexity index is 1580. The van der Waals surface area contributed by atoms with E-state index in [9.17, 15) is 27.2 Å². The number of benzene rings is 2. The zero-order valence-electron chi connectivity index (χ0n) is 21.0. The number of aromatic amines is 1. The van der Waals surface area contributed by atoms with Crippen LogP contribution >= 0.6 is 0 Å². The number of aromatic nitrogens is 3. The highest BCUT2D eigenvalue weighted by atomic mass is 19.4. The van der Waals surface area contributed by atoms with Gasteiger partial charge in [-0.1, -0.05) is 12.1 Å². The maximum atomic E-state index is 14.2. The summed E-state index contributed by atoms with van der Waals surface area (Å²) in [7, 11) is 0. The minimum atomic E-state index is -4.73. The summed E-state index contributed by atoms with van der Waals surface area (Å²) in [6.07, 6.45) is -4.19. The van der Waals surface area contributed by atoms with Crippen molar-refractivity contribution in [3.8, 4) is 11.1 Å². The van der Waals surface area contributed by atoms with Gasteiger partial charge >= 0.3 is 12.3 Å². The number of ether oxygens (including phenoxy) is 1. The zero-order chi connectivity index (χ0) is 27.4. The van der Waals surface area contributed by atoms with Crippen LogP contribution in [0.3, 0.4) is 0 Å². The summed E-state index contributed by atoms with van der Waals surface area (Å²) < 4.78 is 62.9. The Hall–Kier alpha value is -3.89. The van der Waals surface area contributed by atoms with Gasteiger partial charge in [-0.25, -0.2) is 13.7 Å². The van der Waals surface area contributed by atoms with E-state index in [0.29, 0.717) is 37.2 Å². The summed E-state index contributed by atoms with van der Waals surface area (Å²) in [6.45, 7) is 6.09. The molecule has 0 radical (unpaired) electrons. The molecule has 1 N–H and O–H groups in total. The third-order valence-corrected chi connectivity index (χ3v) is 6.59. The molecule has 1 amide bonds. The molecule has 2 aromatic heterocycles. The molecule has 0 atom stereocenters. The van der Waals surface area contributed by atoms with Crippen LogP contribution in [0.2, 0.25) is 0 Å². The number of fused-ring (bicyclic) bond motifs is 3. The lowest BCUT2D eigenvalue weighted by atomic mass is 9.93. The van der Waals surface area contributed by atoms with E-state index in [1.165, 1.54) is 40.9 Å². The summed E-state index contributed by atoms with van der Waals surface area (Å²) in [5.41, 5.74) is -1.02. The number of piperidine rings is 1. The number of hydrogen-bond donors (Lipinski definition) is 1. The molecule has 5 rings (SSSR count). The minimum Gasteiger partial charge on any atom is -0.444 e. The van der Waals surface area contributed by atoms with Crippen molar-refractivity contribution in [2.45, 2.75) is 51.3 Å². The van der Waals surface area contributed by atoms with Gasteiger partial charge in [-0.2, -0.15) is 18.3 Å². The van der Waals surface area contributed by atoms with Gasteiger partial charge in [0.25, 0.3) is 5.56 Å². The normalized spacial score (nSPS) is 15.4. The summed E-state index contributed by atoms with van der Waals surface area (Å²) in [5, 5.41) is 4.26. The van der Waals surface area contributed by atoms with Crippen LogP contribution < -0.4 is 5.56 Å². The van der Waals surface area contributed by atoms with Gasteiger partial charge in [-0.15, -0.1) is 0 Å². The van der Waals surface area contributed by atoms with Crippen molar-refractivity contribution in [2.24, 2.45) is 0 Å². The number of carbonyl (C=O) groups excluding carboxylic acids is 1. The largest absolute Gasteiger partial charge is 0.444 e. The molecule has 1 fully saturated rings. The Balaban J connectivity index is 1.58. The van der Waals surface area contributed by atoms with Gasteiger partial charge in [-0.05, 0) is 69.0 Å². The molecule has 11 heteroatoms. The third kappa shape index (κ3) is 4.97. The molecule has 1 saturated heterocycles. The second kappa shape index (κ2) is 9.14. The van der Waals surface area contributed by atoms with Crippen LogP contribution in [-0.2, 0) is 10.9 Å². The number of nitrogens with one attached hydrogen (secondary N) is 1. The van der Waals surface area contributed by atoms with Crippen LogP contribution in [0, 0.1) is 5.82 Å². The Kier molecular flexibility index (Phi) is 6.19. The molecule has 2 aromatic carbocycles. The number of amides is 1. The molecule has 1 aliphatic heterocycles. The molecule has 4 aromatic rings. The first-order chi connectivity index (χ1) is 17.8. The van der Waals surface area contributed by atoms with Gasteiger partial charge in [0.2, 0.25) is 0 Å². The Labute approximate surface area is 215 Å². The highest BCUT2D eigenvalue weighted by Gasteiger charge is 2.36. The molecule has 200 valence electrons. The molecule has 38 heavy (non-hydrogen) atoms. The molecule has 1 aliphatic rings. The molecule has 0 saturated carbocycles. The number of nitrogens with zero attached hydrogens (tertiary/aromatic N) is 3. The molecule has 0 aliphatic carbocycles. The van der Waals surface area contributed by atoms with Gasteiger partial charge in [0.15, 0.2) is 0 Å². The van der Waals surface area contributed by atoms with Crippen LogP contribution in [-0.4, -0.2) is 44.3 Å². The molecular weight excluding hydrogens is 504 g/mol. The first kappa shape index (κ1) is 25.7. The highest BCUT2D eigenvalue weighted by Crippen LogP contribution is 2.40. The van der Waals surface area contributed by atoms with Gasteiger partial charge in [-0.3, -0.25) is 4.79 Å². The highest BCUT2D eigenvalue weighted by molar-refractivity contribution is 5.98. The van der Waals surface area contributed by atoms with Crippen molar-refractivity contribution in [3.05, 3.63) is 69.9 Å². The number of halogens is 4. The van der Waals surface area contributed by atoms with Crippen molar-refractivity contribution in [2.75, 3.05) is 13.1 Å². The van der Waals surface area contributed by atoms with E-state index in [1.54, 1.807) is 25.7 Å². The van der Waals surface area contributed by atoms with Crippen molar-refractivity contribution in [3.63, 3.8) is 0 Å². The van der Waals surface area contributed by atoms with Gasteiger partial charge in [0, 0.05) is 25.1 Å². The summed E-state index contributed by atoms with van der Waals surface area (Å²) in [5.74, 6) is -0.711. The van der Waals surface area contributed by atoms with Crippen molar-refractivity contribution in [1.82, 2.24) is 19.5 Å². The quantitative estimate of drug-likeness (QED) is 0.317. The average molecular weight is 531 g/mol. The van der Waals surface area contributed by atoms with Gasteiger partial charge in [0.05, 0.1) is 22.2 Å². The number of hydrogen-bond acceptors (Lipinski definition) is 4. The maximum absolute atomic E-state index is 14.2. The van der Waals surface area contributed by atoms with E-state index < -0.39 is 34.8 Å². The lowest BCUT2D eigenvalue weighted by Gasteiger charge is -2.33. The van der Waals surface area contributed by atoms with Gasteiger partial charge in [0.1, 0.15) is 17.1 Å². The second-order valence-corrected chi connectivity index (χ2v) is 10.5. The molecule has 0 bridgehead atoms. The number of alkyl halides is 3. The Morgan fingerprint density at radius 3 is 2.29 bits per heavy atom. The van der Waals surface area contributed by atoms with Crippen LogP contribution in [0.15, 0.2) is 47.3 Å². The first-order valence-corrected chi connectivity index (χ1v) is 12.2. The maximum Gasteiger partial charge on any atom is 0.417 e. The Morgan fingerprint density at radius 1 is 1.03 bits per heavy atom. The zero-order valence-corrected chi connectivity index (χ0v) is 21.0. The van der Waals surface area contributed by atoms with Crippen molar-refractivity contribution < 1.29 is 27.1 Å². The summed E-state index contributed by atoms with van der Waals surface area (Å²) in [4.78, 5) is 29.2. The fraction of sp³-hybridized carbons (Fsp3) is 0.370. The predicted octanol–water partition coefficient (Wildman–Crippen LogP) is 6.12. The number of H-pyrrole nitrogens is 1. The van der Waals surface area contributed by atoms with E-state index in [0.717, 1.165) is 6.07 Å². The fourth-order valence-electron chi connectivity index (χ4n) is 4.88. The van der Waals surface area contributed by atoms with Crippen LogP contribution in [0.5, 0.6) is 0 Å². The minimum absolute atomic E-state index is 0.0462. The molecule has 0 spiro atoms. The van der Waals surface area contributed by atoms with E-state index >= 15 is 0 Å². The standard InChI is InChI=1S/C27H26F4N4O3/c1-26(2,3)38-25(37)34-10-8-16(9-11-34)21-14-22(36)32-24-23-19(27(29,30)31)12-17(13-20(23)33-35(21)24)15-4-6-18(28)7-5-15/h4-7,12-14,16H,8-11H2,1-3H3,(H,32,36). The monoisotopic (exact) mass is 530 g/mol. The summed E-state index contributed by atoms with van der Waals surface area (Å²) in [6, 6.07) is 8.99. The first-order valence-electron chi connectivity index (χ1n) is 12.2. The molecular formula is C27H26F4N4O3. The van der Waals surface area contributed by atoms with Gasteiger partial charge < -0.3 is 14.6 Å². The Morgan fingerprint density at radius 2 is 1.68 bits per heavy atom. The number of likely N-dealkylation sites (tertiary alicyclic amines) is 1. The van der Waals surface area contributed by atoms with E-state index in [1.807, 2.05) is 0 Å². The fourth-order valence-corrected chi connectivity index (χ4v) is 4.88. The van der Waals surface area contributed by atoms with Crippen molar-refractivity contribution >= 4 is 22.6 Å². The average Bonchev–Trinajstić information content (AvgIpc) is 3.20. The lowest BCUT2D eigenvalue weighted by Crippen LogP contribution is -2.41. The topological polar surface area (TPSA) is 79.7 Å². The van der Waals surface area contributed by atoms with Crippen LogP contribution in [0.25, 0.3) is 27.7 Å². The lowest BCUT2D eigenvalue weighted by molar-refractivity contribution is -0.136. The summed E-state index contributed by atoms with van der Waals surface area (Å²) >= 11 is 0. The molecule has 0 unspecified atom stereocenters. The number of rotatable bonds is 2.